The monoisotopic (exact) mass is 297 g/mol. The molecule has 0 N–H and O–H groups in total. The molecule has 0 radical (unpaired) electrons. The number of benzene rings is 1. The van der Waals surface area contributed by atoms with Crippen LogP contribution in [0.1, 0.15) is 18.9 Å². The molecule has 6 heteroatoms. The molecule has 0 unspecified atom stereocenters. The number of amides is 1. The SMILES string of the molecule is COc1ccc2c(c1)CCCN2C(=O)[C@@H](C)S(C)(=O)=O. The molecule has 2 rings (SSSR count). The minimum atomic E-state index is -3.38. The van der Waals surface area contributed by atoms with Gasteiger partial charge in [-0.25, -0.2) is 8.42 Å². The topological polar surface area (TPSA) is 63.7 Å². The van der Waals surface area contributed by atoms with E-state index in [9.17, 15) is 13.2 Å². The second-order valence-electron chi connectivity index (χ2n) is 5.06. The summed E-state index contributed by atoms with van der Waals surface area (Å²) < 4.78 is 28.3. The summed E-state index contributed by atoms with van der Waals surface area (Å²) in [6.45, 7) is 1.99. The lowest BCUT2D eigenvalue weighted by molar-refractivity contribution is -0.118. The zero-order valence-electron chi connectivity index (χ0n) is 11.9. The van der Waals surface area contributed by atoms with Gasteiger partial charge in [0, 0.05) is 18.5 Å². The summed E-state index contributed by atoms with van der Waals surface area (Å²) in [5, 5.41) is -1.02. The summed E-state index contributed by atoms with van der Waals surface area (Å²) >= 11 is 0. The van der Waals surface area contributed by atoms with E-state index in [-0.39, 0.29) is 5.91 Å². The lowest BCUT2D eigenvalue weighted by Gasteiger charge is -2.31. The molecule has 110 valence electrons. The number of carbonyl (C=O) groups excluding carboxylic acids is 1. The van der Waals surface area contributed by atoms with Crippen molar-refractivity contribution >= 4 is 21.4 Å². The Bertz CT molecular complexity index is 624. The molecule has 20 heavy (non-hydrogen) atoms. The molecule has 0 saturated heterocycles. The van der Waals surface area contributed by atoms with Crippen molar-refractivity contribution in [2.75, 3.05) is 24.8 Å². The Kier molecular flexibility index (Phi) is 4.04. The Balaban J connectivity index is 2.36. The highest BCUT2D eigenvalue weighted by atomic mass is 32.2. The van der Waals surface area contributed by atoms with Crippen LogP contribution in [-0.2, 0) is 21.1 Å². The van der Waals surface area contributed by atoms with Crippen LogP contribution in [0.3, 0.4) is 0 Å². The van der Waals surface area contributed by atoms with Gasteiger partial charge in [0.1, 0.15) is 11.0 Å². The molecule has 1 amide bonds. The molecule has 1 heterocycles. The van der Waals surface area contributed by atoms with Gasteiger partial charge in [0.15, 0.2) is 9.84 Å². The van der Waals surface area contributed by atoms with Gasteiger partial charge >= 0.3 is 0 Å². The average molecular weight is 297 g/mol. The molecule has 5 nitrogen and oxygen atoms in total. The third-order valence-corrected chi connectivity index (χ3v) is 5.15. The van der Waals surface area contributed by atoms with E-state index in [1.807, 2.05) is 12.1 Å². The number of aryl methyl sites for hydroxylation is 1. The maximum atomic E-state index is 12.4. The van der Waals surface area contributed by atoms with E-state index in [4.69, 9.17) is 4.74 Å². The number of anilines is 1. The van der Waals surface area contributed by atoms with E-state index >= 15 is 0 Å². The van der Waals surface area contributed by atoms with Crippen LogP contribution in [-0.4, -0.2) is 39.5 Å². The fraction of sp³-hybridized carbons (Fsp3) is 0.500. The highest BCUT2D eigenvalue weighted by Gasteiger charge is 2.31. The molecule has 1 aromatic rings. The van der Waals surface area contributed by atoms with Gasteiger partial charge in [-0.15, -0.1) is 0 Å². The highest BCUT2D eigenvalue weighted by molar-refractivity contribution is 7.92. The summed E-state index contributed by atoms with van der Waals surface area (Å²) in [7, 11) is -1.79. The lowest BCUT2D eigenvalue weighted by atomic mass is 10.0. The normalized spacial score (nSPS) is 16.4. The number of ether oxygens (including phenoxy) is 1. The van der Waals surface area contributed by atoms with Gasteiger partial charge in [0.05, 0.1) is 7.11 Å². The number of nitrogens with zero attached hydrogens (tertiary/aromatic N) is 1. The van der Waals surface area contributed by atoms with Crippen molar-refractivity contribution < 1.29 is 17.9 Å². The molecule has 0 aromatic heterocycles. The molecule has 1 aliphatic rings. The van der Waals surface area contributed by atoms with Crippen molar-refractivity contribution in [3.63, 3.8) is 0 Å². The molecule has 1 atom stereocenters. The van der Waals surface area contributed by atoms with Gasteiger partial charge in [0.25, 0.3) is 0 Å². The van der Waals surface area contributed by atoms with Crippen LogP contribution in [0.5, 0.6) is 5.75 Å². The minimum absolute atomic E-state index is 0.362. The quantitative estimate of drug-likeness (QED) is 0.846. The van der Waals surface area contributed by atoms with Crippen LogP contribution < -0.4 is 9.64 Å². The molecule has 0 aliphatic carbocycles. The van der Waals surface area contributed by atoms with Crippen molar-refractivity contribution in [1.29, 1.82) is 0 Å². The Hall–Kier alpha value is -1.56. The zero-order chi connectivity index (χ0) is 14.9. The van der Waals surface area contributed by atoms with Crippen molar-refractivity contribution in [1.82, 2.24) is 0 Å². The van der Waals surface area contributed by atoms with Crippen LogP contribution in [0.4, 0.5) is 5.69 Å². The highest BCUT2D eigenvalue weighted by Crippen LogP contribution is 2.31. The fourth-order valence-electron chi connectivity index (χ4n) is 2.33. The Morgan fingerprint density at radius 1 is 1.40 bits per heavy atom. The zero-order valence-corrected chi connectivity index (χ0v) is 12.7. The van der Waals surface area contributed by atoms with Crippen molar-refractivity contribution in [3.05, 3.63) is 23.8 Å². The van der Waals surface area contributed by atoms with E-state index in [0.29, 0.717) is 6.54 Å². The second kappa shape index (κ2) is 5.44. The Labute approximate surface area is 119 Å². The van der Waals surface area contributed by atoms with Gasteiger partial charge < -0.3 is 9.64 Å². The summed E-state index contributed by atoms with van der Waals surface area (Å²) in [5.41, 5.74) is 1.81. The number of sulfone groups is 1. The lowest BCUT2D eigenvalue weighted by Crippen LogP contribution is -2.43. The molecule has 0 spiro atoms. The second-order valence-corrected chi connectivity index (χ2v) is 7.43. The first-order chi connectivity index (χ1) is 9.34. The number of hydrogen-bond donors (Lipinski definition) is 0. The molecular formula is C14H19NO4S. The number of carbonyl (C=O) groups is 1. The number of rotatable bonds is 3. The van der Waals surface area contributed by atoms with Crippen LogP contribution in [0.25, 0.3) is 0 Å². The Morgan fingerprint density at radius 2 is 2.10 bits per heavy atom. The third-order valence-electron chi connectivity index (χ3n) is 3.66. The largest absolute Gasteiger partial charge is 0.497 e. The molecule has 0 fully saturated rings. The van der Waals surface area contributed by atoms with E-state index in [1.54, 1.807) is 18.1 Å². The van der Waals surface area contributed by atoms with Crippen molar-refractivity contribution in [2.45, 2.75) is 25.0 Å². The first-order valence-electron chi connectivity index (χ1n) is 6.51. The maximum Gasteiger partial charge on any atom is 0.245 e. The van der Waals surface area contributed by atoms with E-state index < -0.39 is 15.1 Å². The molecule has 1 aliphatic heterocycles. The average Bonchev–Trinajstić information content (AvgIpc) is 2.43. The number of methoxy groups -OCH3 is 1. The predicted octanol–water partition coefficient (Wildman–Crippen LogP) is 1.41. The first-order valence-corrected chi connectivity index (χ1v) is 8.47. The first kappa shape index (κ1) is 14.8. The van der Waals surface area contributed by atoms with E-state index in [2.05, 4.69) is 0 Å². The summed E-state index contributed by atoms with van der Waals surface area (Å²) in [6.07, 6.45) is 2.78. The smallest absolute Gasteiger partial charge is 0.245 e. The number of fused-ring (bicyclic) bond motifs is 1. The molecule has 0 bridgehead atoms. The molecule has 0 saturated carbocycles. The predicted molar refractivity (Wildman–Crippen MR) is 78.0 cm³/mol. The summed E-state index contributed by atoms with van der Waals surface area (Å²) in [6, 6.07) is 5.51. The summed E-state index contributed by atoms with van der Waals surface area (Å²) in [5.74, 6) is 0.382. The van der Waals surface area contributed by atoms with Crippen LogP contribution in [0, 0.1) is 0 Å². The van der Waals surface area contributed by atoms with Crippen LogP contribution in [0.2, 0.25) is 0 Å². The fourth-order valence-corrected chi connectivity index (χ4v) is 2.83. The van der Waals surface area contributed by atoms with Gasteiger partial charge in [0.2, 0.25) is 5.91 Å². The molecule has 1 aromatic carbocycles. The third kappa shape index (κ3) is 2.80. The van der Waals surface area contributed by atoms with Crippen molar-refractivity contribution in [2.24, 2.45) is 0 Å². The number of hydrogen-bond acceptors (Lipinski definition) is 4. The minimum Gasteiger partial charge on any atom is -0.497 e. The standard InChI is InChI=1S/C14H19NO4S/c1-10(20(3,17)18)14(16)15-8-4-5-11-9-12(19-2)6-7-13(11)15/h6-7,9-10H,4-5,8H2,1-3H3/t10-/m1/s1. The van der Waals surface area contributed by atoms with Gasteiger partial charge in [-0.2, -0.15) is 0 Å². The van der Waals surface area contributed by atoms with Gasteiger partial charge in [-0.05, 0) is 43.5 Å². The Morgan fingerprint density at radius 3 is 2.70 bits per heavy atom. The van der Waals surface area contributed by atoms with Crippen LogP contribution in [0.15, 0.2) is 18.2 Å². The molecular weight excluding hydrogens is 278 g/mol. The van der Waals surface area contributed by atoms with E-state index in [1.165, 1.54) is 6.92 Å². The van der Waals surface area contributed by atoms with Gasteiger partial charge in [-0.3, -0.25) is 4.79 Å². The van der Waals surface area contributed by atoms with Gasteiger partial charge in [-0.1, -0.05) is 0 Å². The van der Waals surface area contributed by atoms with E-state index in [0.717, 1.165) is 36.1 Å². The maximum absolute atomic E-state index is 12.4. The van der Waals surface area contributed by atoms with Crippen LogP contribution >= 0.6 is 0 Å². The summed E-state index contributed by atoms with van der Waals surface area (Å²) in [4.78, 5) is 14.0. The van der Waals surface area contributed by atoms with Crippen molar-refractivity contribution in [3.8, 4) is 5.75 Å².